The van der Waals surface area contributed by atoms with Gasteiger partial charge < -0.3 is 19.0 Å². The van der Waals surface area contributed by atoms with Crippen LogP contribution in [-0.2, 0) is 13.1 Å². The summed E-state index contributed by atoms with van der Waals surface area (Å²) in [6, 6.07) is 19.7. The third kappa shape index (κ3) is 6.66. The Kier molecular flexibility index (Phi) is 7.73. The first-order chi connectivity index (χ1) is 14.1. The van der Waals surface area contributed by atoms with Gasteiger partial charge in [0, 0.05) is 13.1 Å². The maximum absolute atomic E-state index is 10.6. The summed E-state index contributed by atoms with van der Waals surface area (Å²) in [5.41, 5.74) is 2.18. The van der Waals surface area contributed by atoms with E-state index in [1.54, 1.807) is 6.26 Å². The third-order valence-electron chi connectivity index (χ3n) is 4.57. The van der Waals surface area contributed by atoms with Gasteiger partial charge in [-0.05, 0) is 55.3 Å². The van der Waals surface area contributed by atoms with E-state index in [1.807, 2.05) is 68.4 Å². The summed E-state index contributed by atoms with van der Waals surface area (Å²) in [4.78, 5) is 2.15. The molecule has 5 heteroatoms. The molecule has 1 unspecified atom stereocenters. The number of aliphatic hydroxyl groups is 1. The Balaban J connectivity index is 1.63. The van der Waals surface area contributed by atoms with E-state index in [9.17, 15) is 5.11 Å². The van der Waals surface area contributed by atoms with E-state index in [0.29, 0.717) is 26.2 Å². The Hall–Kier alpha value is -2.76. The minimum absolute atomic E-state index is 0.235. The van der Waals surface area contributed by atoms with Crippen molar-refractivity contribution in [2.75, 3.05) is 19.8 Å². The normalized spacial score (nSPS) is 12.1. The summed E-state index contributed by atoms with van der Waals surface area (Å²) in [5.74, 6) is 2.51. The minimum Gasteiger partial charge on any atom is -0.494 e. The van der Waals surface area contributed by atoms with Crippen molar-refractivity contribution in [2.24, 2.45) is 0 Å². The lowest BCUT2D eigenvalue weighted by molar-refractivity contribution is 0.0602. The second kappa shape index (κ2) is 10.7. The number of para-hydroxylation sites is 1. The zero-order valence-corrected chi connectivity index (χ0v) is 17.1. The molecule has 0 saturated heterocycles. The largest absolute Gasteiger partial charge is 0.494 e. The highest BCUT2D eigenvalue weighted by Gasteiger charge is 2.16. The average Bonchev–Trinajstić information content (AvgIpc) is 3.21. The van der Waals surface area contributed by atoms with Crippen LogP contribution in [0.2, 0.25) is 0 Å². The van der Waals surface area contributed by atoms with Crippen LogP contribution in [-0.4, -0.2) is 35.9 Å². The van der Waals surface area contributed by atoms with E-state index >= 15 is 0 Å². The molecule has 1 N–H and O–H groups in total. The first-order valence-corrected chi connectivity index (χ1v) is 9.97. The van der Waals surface area contributed by atoms with Crippen LogP contribution in [0, 0.1) is 6.92 Å². The highest BCUT2D eigenvalue weighted by Crippen LogP contribution is 2.18. The van der Waals surface area contributed by atoms with E-state index in [2.05, 4.69) is 11.0 Å². The molecule has 3 rings (SSSR count). The Morgan fingerprint density at radius 1 is 1.00 bits per heavy atom. The van der Waals surface area contributed by atoms with Crippen LogP contribution in [0.15, 0.2) is 71.3 Å². The molecule has 1 aromatic heterocycles. The van der Waals surface area contributed by atoms with Gasteiger partial charge in [0.15, 0.2) is 0 Å². The molecule has 0 saturated carbocycles. The molecule has 2 aromatic carbocycles. The van der Waals surface area contributed by atoms with Gasteiger partial charge in [-0.2, -0.15) is 0 Å². The fraction of sp³-hybridized carbons (Fsp3) is 0.333. The molecule has 0 radical (unpaired) electrons. The Morgan fingerprint density at radius 3 is 2.62 bits per heavy atom. The van der Waals surface area contributed by atoms with Crippen molar-refractivity contribution in [2.45, 2.75) is 33.0 Å². The molecule has 1 heterocycles. The maximum atomic E-state index is 10.6. The molecule has 0 aliphatic carbocycles. The maximum Gasteiger partial charge on any atom is 0.122 e. The molecule has 3 aromatic rings. The lowest BCUT2D eigenvalue weighted by atomic mass is 10.2. The molecule has 0 amide bonds. The molecule has 0 aliphatic rings. The summed E-state index contributed by atoms with van der Waals surface area (Å²) in [5, 5.41) is 10.6. The van der Waals surface area contributed by atoms with Gasteiger partial charge in [-0.25, -0.2) is 0 Å². The van der Waals surface area contributed by atoms with E-state index in [1.165, 1.54) is 0 Å². The third-order valence-corrected chi connectivity index (χ3v) is 4.57. The smallest absolute Gasteiger partial charge is 0.122 e. The van der Waals surface area contributed by atoms with Crippen LogP contribution in [0.3, 0.4) is 0 Å². The molecule has 0 bridgehead atoms. The summed E-state index contributed by atoms with van der Waals surface area (Å²) in [7, 11) is 0. The first kappa shape index (κ1) is 21.0. The van der Waals surface area contributed by atoms with E-state index in [-0.39, 0.29) is 6.61 Å². The predicted molar refractivity (Wildman–Crippen MR) is 113 cm³/mol. The Labute approximate surface area is 172 Å². The van der Waals surface area contributed by atoms with Crippen molar-refractivity contribution in [3.05, 3.63) is 83.8 Å². The van der Waals surface area contributed by atoms with Gasteiger partial charge in [0.1, 0.15) is 30.0 Å². The van der Waals surface area contributed by atoms with Gasteiger partial charge in [0.25, 0.3) is 0 Å². The van der Waals surface area contributed by atoms with E-state index < -0.39 is 6.10 Å². The lowest BCUT2D eigenvalue weighted by Gasteiger charge is -2.25. The van der Waals surface area contributed by atoms with Crippen LogP contribution in [0.25, 0.3) is 0 Å². The standard InChI is InChI=1S/C24H29NO4/c1-3-27-22-10-6-9-20(14-22)15-25(17-23-11-7-13-28-23)16-21(26)18-29-24-12-5-4-8-19(24)2/h4-14,21,26H,3,15-18H2,1-2H3. The highest BCUT2D eigenvalue weighted by molar-refractivity contribution is 5.31. The predicted octanol–water partition coefficient (Wildman–Crippen LogP) is 4.43. The van der Waals surface area contributed by atoms with Crippen LogP contribution >= 0.6 is 0 Å². The van der Waals surface area contributed by atoms with Crippen LogP contribution in [0.4, 0.5) is 0 Å². The van der Waals surface area contributed by atoms with Gasteiger partial charge in [0.2, 0.25) is 0 Å². The van der Waals surface area contributed by atoms with Gasteiger partial charge in [-0.15, -0.1) is 0 Å². The van der Waals surface area contributed by atoms with Crippen LogP contribution < -0.4 is 9.47 Å². The molecule has 0 aliphatic heterocycles. The van der Waals surface area contributed by atoms with Crippen molar-refractivity contribution in [3.8, 4) is 11.5 Å². The Morgan fingerprint density at radius 2 is 1.86 bits per heavy atom. The lowest BCUT2D eigenvalue weighted by Crippen LogP contribution is -2.35. The fourth-order valence-corrected chi connectivity index (χ4v) is 3.22. The molecule has 0 fully saturated rings. The second-order valence-corrected chi connectivity index (χ2v) is 7.06. The molecular formula is C24H29NO4. The van der Waals surface area contributed by atoms with Gasteiger partial charge in [0.05, 0.1) is 19.4 Å². The summed E-state index contributed by atoms with van der Waals surface area (Å²) in [6.45, 7) is 6.58. The summed E-state index contributed by atoms with van der Waals surface area (Å²) < 4.78 is 16.9. The van der Waals surface area contributed by atoms with Gasteiger partial charge in [-0.3, -0.25) is 4.90 Å². The fourth-order valence-electron chi connectivity index (χ4n) is 3.22. The Bertz CT molecular complexity index is 863. The number of aryl methyl sites for hydroxylation is 1. The number of nitrogens with zero attached hydrogens (tertiary/aromatic N) is 1. The van der Waals surface area contributed by atoms with Crippen LogP contribution in [0.1, 0.15) is 23.8 Å². The van der Waals surface area contributed by atoms with Crippen LogP contribution in [0.5, 0.6) is 11.5 Å². The molecule has 0 spiro atoms. The highest BCUT2D eigenvalue weighted by atomic mass is 16.5. The zero-order chi connectivity index (χ0) is 20.5. The summed E-state index contributed by atoms with van der Waals surface area (Å²) >= 11 is 0. The first-order valence-electron chi connectivity index (χ1n) is 9.97. The SMILES string of the molecule is CCOc1cccc(CN(Cc2ccco2)CC(O)COc2ccccc2C)c1. The van der Waals surface area contributed by atoms with E-state index in [0.717, 1.165) is 28.4 Å². The van der Waals surface area contributed by atoms with Crippen molar-refractivity contribution >= 4 is 0 Å². The number of rotatable bonds is 11. The van der Waals surface area contributed by atoms with Gasteiger partial charge in [-0.1, -0.05) is 30.3 Å². The molecule has 154 valence electrons. The quantitative estimate of drug-likeness (QED) is 0.521. The van der Waals surface area contributed by atoms with Crippen molar-refractivity contribution in [1.82, 2.24) is 4.90 Å². The van der Waals surface area contributed by atoms with Crippen molar-refractivity contribution < 1.29 is 19.0 Å². The minimum atomic E-state index is -0.625. The topological polar surface area (TPSA) is 55.1 Å². The zero-order valence-electron chi connectivity index (χ0n) is 17.1. The monoisotopic (exact) mass is 395 g/mol. The number of ether oxygens (including phenoxy) is 2. The number of furan rings is 1. The molecule has 5 nitrogen and oxygen atoms in total. The number of hydrogen-bond donors (Lipinski definition) is 1. The summed E-state index contributed by atoms with van der Waals surface area (Å²) in [6.07, 6.45) is 1.04. The molecular weight excluding hydrogens is 366 g/mol. The molecule has 29 heavy (non-hydrogen) atoms. The second-order valence-electron chi connectivity index (χ2n) is 7.06. The molecule has 1 atom stereocenters. The van der Waals surface area contributed by atoms with E-state index in [4.69, 9.17) is 13.9 Å². The number of hydrogen-bond acceptors (Lipinski definition) is 5. The van der Waals surface area contributed by atoms with Crippen molar-refractivity contribution in [3.63, 3.8) is 0 Å². The van der Waals surface area contributed by atoms with Gasteiger partial charge >= 0.3 is 0 Å². The number of aliphatic hydroxyl groups excluding tert-OH is 1. The average molecular weight is 395 g/mol. The number of benzene rings is 2. The van der Waals surface area contributed by atoms with Crippen molar-refractivity contribution in [1.29, 1.82) is 0 Å².